The van der Waals surface area contributed by atoms with E-state index in [4.69, 9.17) is 5.73 Å². The van der Waals surface area contributed by atoms with Crippen molar-refractivity contribution in [3.8, 4) is 5.75 Å². The van der Waals surface area contributed by atoms with Gasteiger partial charge in [-0.3, -0.25) is 9.36 Å². The van der Waals surface area contributed by atoms with E-state index in [-0.39, 0.29) is 12.1 Å². The normalized spacial score (nSPS) is 10.9. The average molecular weight is 316 g/mol. The first-order valence-electron chi connectivity index (χ1n) is 6.39. The Labute approximate surface area is 128 Å². The van der Waals surface area contributed by atoms with Gasteiger partial charge in [-0.15, -0.1) is 11.3 Å². The van der Waals surface area contributed by atoms with Crippen molar-refractivity contribution in [2.24, 2.45) is 0 Å². The number of fused-ring (bicyclic) bond motifs is 1. The van der Waals surface area contributed by atoms with Crippen LogP contribution in [0.5, 0.6) is 5.75 Å². The third kappa shape index (κ3) is 2.21. The number of aromatic carboxylic acids is 1. The Bertz CT molecular complexity index is 925. The number of hydrogen-bond donors (Lipinski definition) is 3. The van der Waals surface area contributed by atoms with Gasteiger partial charge in [0.05, 0.1) is 16.8 Å². The summed E-state index contributed by atoms with van der Waals surface area (Å²) in [6.07, 6.45) is 0. The number of anilines is 1. The van der Waals surface area contributed by atoms with Crippen LogP contribution >= 0.6 is 11.3 Å². The maximum Gasteiger partial charge on any atom is 0.341 e. The van der Waals surface area contributed by atoms with Crippen LogP contribution in [0.25, 0.3) is 10.2 Å². The molecule has 0 unspecified atom stereocenters. The number of nitrogens with zero attached hydrogens (tertiary/aromatic N) is 1. The van der Waals surface area contributed by atoms with Crippen molar-refractivity contribution in [2.45, 2.75) is 6.54 Å². The van der Waals surface area contributed by atoms with E-state index in [2.05, 4.69) is 0 Å². The van der Waals surface area contributed by atoms with Crippen molar-refractivity contribution in [1.82, 2.24) is 4.57 Å². The number of nitrogens with two attached hydrogens (primary N) is 1. The second kappa shape index (κ2) is 5.19. The summed E-state index contributed by atoms with van der Waals surface area (Å²) in [4.78, 5) is 23.6. The highest BCUT2D eigenvalue weighted by atomic mass is 32.1. The van der Waals surface area contributed by atoms with Crippen LogP contribution in [0.2, 0.25) is 0 Å². The molecule has 0 atom stereocenters. The Balaban J connectivity index is 2.22. The van der Waals surface area contributed by atoms with Gasteiger partial charge in [0.1, 0.15) is 5.56 Å². The lowest BCUT2D eigenvalue weighted by Crippen LogP contribution is -2.22. The van der Waals surface area contributed by atoms with Crippen molar-refractivity contribution in [3.05, 3.63) is 57.2 Å². The van der Waals surface area contributed by atoms with Crippen molar-refractivity contribution in [2.75, 3.05) is 5.73 Å². The van der Waals surface area contributed by atoms with Gasteiger partial charge in [0.25, 0.3) is 5.56 Å². The summed E-state index contributed by atoms with van der Waals surface area (Å²) >= 11 is 1.17. The van der Waals surface area contributed by atoms with E-state index < -0.39 is 17.3 Å². The van der Waals surface area contributed by atoms with E-state index in [1.54, 1.807) is 35.7 Å². The summed E-state index contributed by atoms with van der Waals surface area (Å²) in [6, 6.07) is 8.67. The zero-order chi connectivity index (χ0) is 15.9. The Morgan fingerprint density at radius 3 is 2.55 bits per heavy atom. The van der Waals surface area contributed by atoms with E-state index in [1.165, 1.54) is 15.9 Å². The maximum absolute atomic E-state index is 12.3. The largest absolute Gasteiger partial charge is 0.502 e. The first-order chi connectivity index (χ1) is 10.5. The number of pyridine rings is 1. The molecule has 3 aromatic rings. The van der Waals surface area contributed by atoms with Crippen LogP contribution in [0, 0.1) is 0 Å². The Morgan fingerprint density at radius 1 is 1.23 bits per heavy atom. The molecule has 0 saturated carbocycles. The quantitative estimate of drug-likeness (QED) is 0.642. The maximum atomic E-state index is 12.3. The molecule has 1 aromatic carbocycles. The number of rotatable bonds is 3. The fourth-order valence-electron chi connectivity index (χ4n) is 2.31. The summed E-state index contributed by atoms with van der Waals surface area (Å²) in [5.41, 5.74) is 6.49. The van der Waals surface area contributed by atoms with Gasteiger partial charge in [0.15, 0.2) is 5.75 Å². The van der Waals surface area contributed by atoms with E-state index in [1.807, 2.05) is 0 Å². The lowest BCUT2D eigenvalue weighted by Gasteiger charge is -2.11. The molecule has 0 amide bonds. The van der Waals surface area contributed by atoms with Crippen molar-refractivity contribution < 1.29 is 15.0 Å². The minimum absolute atomic E-state index is 0.222. The van der Waals surface area contributed by atoms with Crippen molar-refractivity contribution >= 4 is 33.2 Å². The zero-order valence-corrected chi connectivity index (χ0v) is 12.1. The molecular formula is C15H12N2O4S. The monoisotopic (exact) mass is 316 g/mol. The van der Waals surface area contributed by atoms with Gasteiger partial charge in [0, 0.05) is 5.69 Å². The number of thiophene rings is 1. The van der Waals surface area contributed by atoms with Gasteiger partial charge in [-0.2, -0.15) is 0 Å². The van der Waals surface area contributed by atoms with Gasteiger partial charge in [-0.1, -0.05) is 12.1 Å². The molecule has 4 N–H and O–H groups in total. The van der Waals surface area contributed by atoms with Crippen LogP contribution in [0.15, 0.2) is 40.5 Å². The number of hydrogen-bond acceptors (Lipinski definition) is 5. The zero-order valence-electron chi connectivity index (χ0n) is 11.3. The van der Waals surface area contributed by atoms with Gasteiger partial charge < -0.3 is 15.9 Å². The molecule has 2 aromatic heterocycles. The Kier molecular flexibility index (Phi) is 3.34. The molecule has 0 spiro atoms. The molecule has 0 bridgehead atoms. The molecule has 0 aliphatic rings. The van der Waals surface area contributed by atoms with Crippen LogP contribution in [0.1, 0.15) is 15.9 Å². The fourth-order valence-corrected chi connectivity index (χ4v) is 3.25. The molecule has 0 fully saturated rings. The van der Waals surface area contributed by atoms with Crippen LogP contribution < -0.4 is 11.3 Å². The molecule has 112 valence electrons. The highest BCUT2D eigenvalue weighted by Crippen LogP contribution is 2.29. The lowest BCUT2D eigenvalue weighted by molar-refractivity contribution is 0.0695. The molecule has 0 radical (unpaired) electrons. The molecule has 22 heavy (non-hydrogen) atoms. The second-order valence-electron chi connectivity index (χ2n) is 4.80. The summed E-state index contributed by atoms with van der Waals surface area (Å²) in [7, 11) is 0. The number of carboxylic acid groups (broad SMARTS) is 1. The lowest BCUT2D eigenvalue weighted by atomic mass is 10.1. The van der Waals surface area contributed by atoms with Gasteiger partial charge in [-0.05, 0) is 29.1 Å². The number of carbonyl (C=O) groups is 1. The van der Waals surface area contributed by atoms with Gasteiger partial charge in [0.2, 0.25) is 0 Å². The molecule has 6 nitrogen and oxygen atoms in total. The number of aromatic hydroxyl groups is 1. The van der Waals surface area contributed by atoms with E-state index >= 15 is 0 Å². The Morgan fingerprint density at radius 2 is 1.91 bits per heavy atom. The Hall–Kier alpha value is -2.80. The first kappa shape index (κ1) is 14.2. The molecule has 3 rings (SSSR count). The molecule has 0 saturated heterocycles. The minimum Gasteiger partial charge on any atom is -0.502 e. The van der Waals surface area contributed by atoms with Crippen LogP contribution in [0.3, 0.4) is 0 Å². The SMILES string of the molecule is Nc1ccc(Cn2c(=O)c(O)c(C(=O)O)c3sccc32)cc1. The highest BCUT2D eigenvalue weighted by molar-refractivity contribution is 7.17. The van der Waals surface area contributed by atoms with Crippen molar-refractivity contribution in [3.63, 3.8) is 0 Å². The summed E-state index contributed by atoms with van der Waals surface area (Å²) in [5, 5.41) is 20.9. The summed E-state index contributed by atoms with van der Waals surface area (Å²) in [6.45, 7) is 0.222. The van der Waals surface area contributed by atoms with Crippen LogP contribution in [-0.2, 0) is 6.54 Å². The average Bonchev–Trinajstić information content (AvgIpc) is 2.94. The predicted octanol–water partition coefficient (Wildman–Crippen LogP) is 2.10. The van der Waals surface area contributed by atoms with Crippen LogP contribution in [-0.4, -0.2) is 20.7 Å². The van der Waals surface area contributed by atoms with E-state index in [9.17, 15) is 19.8 Å². The standard InChI is InChI=1S/C15H12N2O4S/c16-9-3-1-8(2-4-9)7-17-10-5-6-22-13(10)11(15(20)21)12(18)14(17)19/h1-6,18H,7,16H2,(H,20,21). The van der Waals surface area contributed by atoms with E-state index in [0.717, 1.165) is 5.56 Å². The topological polar surface area (TPSA) is 106 Å². The molecule has 0 aliphatic heterocycles. The predicted molar refractivity (Wildman–Crippen MR) is 84.7 cm³/mol. The number of benzene rings is 1. The van der Waals surface area contributed by atoms with Gasteiger partial charge in [-0.25, -0.2) is 4.79 Å². The van der Waals surface area contributed by atoms with Crippen molar-refractivity contribution in [1.29, 1.82) is 0 Å². The minimum atomic E-state index is -1.32. The molecule has 2 heterocycles. The number of aromatic nitrogens is 1. The second-order valence-corrected chi connectivity index (χ2v) is 5.71. The fraction of sp³-hybridized carbons (Fsp3) is 0.0667. The third-order valence-corrected chi connectivity index (χ3v) is 4.30. The van der Waals surface area contributed by atoms with Crippen LogP contribution in [0.4, 0.5) is 5.69 Å². The highest BCUT2D eigenvalue weighted by Gasteiger charge is 2.22. The molecule has 0 aliphatic carbocycles. The molecule has 7 heteroatoms. The molecular weight excluding hydrogens is 304 g/mol. The van der Waals surface area contributed by atoms with Gasteiger partial charge >= 0.3 is 5.97 Å². The summed E-state index contributed by atoms with van der Waals surface area (Å²) in [5.74, 6) is -2.06. The third-order valence-electron chi connectivity index (χ3n) is 3.38. The smallest absolute Gasteiger partial charge is 0.341 e. The number of carboxylic acids is 1. The van der Waals surface area contributed by atoms with E-state index in [0.29, 0.717) is 15.9 Å². The number of nitrogen functional groups attached to an aromatic ring is 1. The summed E-state index contributed by atoms with van der Waals surface area (Å²) < 4.78 is 1.74. The first-order valence-corrected chi connectivity index (χ1v) is 7.27.